The molecule has 1 aromatic heterocycles. The second-order valence-electron chi connectivity index (χ2n) is 2.02. The van der Waals surface area contributed by atoms with Gasteiger partial charge in [0.15, 0.2) is 5.75 Å². The highest BCUT2D eigenvalue weighted by atomic mass is 16.4. The predicted octanol–water partition coefficient (Wildman–Crippen LogP) is 0.307. The fraction of sp³-hybridized carbons (Fsp3) is 0.333. The van der Waals surface area contributed by atoms with Crippen LogP contribution < -0.4 is 0 Å². The maximum absolute atomic E-state index is 10.3. The van der Waals surface area contributed by atoms with E-state index in [1.807, 2.05) is 0 Å². The Hall–Kier alpha value is -1.52. The molecular formula is C6H8N2O3. The Kier molecular flexibility index (Phi) is 1.80. The summed E-state index contributed by atoms with van der Waals surface area (Å²) in [5.74, 6) is -1.51. The molecule has 0 saturated carbocycles. The van der Waals surface area contributed by atoms with Gasteiger partial charge >= 0.3 is 5.97 Å². The quantitative estimate of drug-likeness (QED) is 0.646. The van der Waals surface area contributed by atoms with E-state index in [2.05, 4.69) is 5.10 Å². The van der Waals surface area contributed by atoms with Crippen LogP contribution in [0.4, 0.5) is 0 Å². The monoisotopic (exact) mass is 156 g/mol. The van der Waals surface area contributed by atoms with Crippen molar-refractivity contribution >= 4 is 5.97 Å². The second-order valence-corrected chi connectivity index (χ2v) is 2.02. The van der Waals surface area contributed by atoms with Crippen molar-refractivity contribution in [3.8, 4) is 5.75 Å². The van der Waals surface area contributed by atoms with Gasteiger partial charge in [-0.25, -0.2) is 4.79 Å². The van der Waals surface area contributed by atoms with Crippen molar-refractivity contribution in [2.24, 2.45) is 0 Å². The number of rotatable bonds is 2. The summed E-state index contributed by atoms with van der Waals surface area (Å²) in [6.07, 6.45) is 1.28. The summed E-state index contributed by atoms with van der Waals surface area (Å²) in [5.41, 5.74) is -0.299. The topological polar surface area (TPSA) is 75.4 Å². The Morgan fingerprint density at radius 2 is 2.45 bits per heavy atom. The zero-order valence-electron chi connectivity index (χ0n) is 5.98. The third-order valence-electron chi connectivity index (χ3n) is 1.27. The fourth-order valence-corrected chi connectivity index (χ4v) is 0.725. The lowest BCUT2D eigenvalue weighted by atomic mass is 10.4. The molecule has 5 heteroatoms. The van der Waals surface area contributed by atoms with E-state index in [0.717, 1.165) is 0 Å². The van der Waals surface area contributed by atoms with Gasteiger partial charge in [0.2, 0.25) is 5.69 Å². The van der Waals surface area contributed by atoms with Crippen LogP contribution in [0, 0.1) is 0 Å². The highest BCUT2D eigenvalue weighted by Gasteiger charge is 2.13. The van der Waals surface area contributed by atoms with E-state index in [4.69, 9.17) is 10.2 Å². The largest absolute Gasteiger partial charge is 0.504 e. The maximum Gasteiger partial charge on any atom is 0.360 e. The molecule has 0 fully saturated rings. The number of aromatic nitrogens is 2. The lowest BCUT2D eigenvalue weighted by molar-refractivity contribution is 0.0686. The molecule has 5 nitrogen and oxygen atoms in total. The SMILES string of the molecule is CCn1cc(O)c(C(=O)O)n1. The minimum Gasteiger partial charge on any atom is -0.504 e. The Morgan fingerprint density at radius 1 is 1.82 bits per heavy atom. The highest BCUT2D eigenvalue weighted by Crippen LogP contribution is 2.13. The Balaban J connectivity index is 3.07. The Labute approximate surface area is 62.9 Å². The molecule has 0 aliphatic rings. The molecule has 0 saturated heterocycles. The van der Waals surface area contributed by atoms with Gasteiger partial charge in [0.1, 0.15) is 0 Å². The van der Waals surface area contributed by atoms with Crippen molar-refractivity contribution in [2.45, 2.75) is 13.5 Å². The molecule has 2 N–H and O–H groups in total. The van der Waals surface area contributed by atoms with Crippen LogP contribution in [0.25, 0.3) is 0 Å². The van der Waals surface area contributed by atoms with Crippen LogP contribution in [-0.4, -0.2) is 26.0 Å². The Morgan fingerprint density at radius 3 is 2.73 bits per heavy atom. The van der Waals surface area contributed by atoms with Crippen LogP contribution >= 0.6 is 0 Å². The molecule has 0 spiro atoms. The first-order chi connectivity index (χ1) is 5.15. The van der Waals surface area contributed by atoms with Gasteiger partial charge in [0.25, 0.3) is 0 Å². The van der Waals surface area contributed by atoms with Crippen LogP contribution in [0.1, 0.15) is 17.4 Å². The van der Waals surface area contributed by atoms with E-state index in [0.29, 0.717) is 6.54 Å². The van der Waals surface area contributed by atoms with Crippen LogP contribution in [0.3, 0.4) is 0 Å². The molecule has 0 aliphatic heterocycles. The van der Waals surface area contributed by atoms with Gasteiger partial charge in [-0.3, -0.25) is 4.68 Å². The molecule has 0 aliphatic carbocycles. The molecule has 60 valence electrons. The number of hydrogen-bond donors (Lipinski definition) is 2. The third-order valence-corrected chi connectivity index (χ3v) is 1.27. The first kappa shape index (κ1) is 7.59. The molecule has 11 heavy (non-hydrogen) atoms. The molecule has 0 amide bonds. The summed E-state index contributed by atoms with van der Waals surface area (Å²) in [5, 5.41) is 21.0. The molecule has 0 radical (unpaired) electrons. The molecule has 0 bridgehead atoms. The van der Waals surface area contributed by atoms with Gasteiger partial charge in [-0.15, -0.1) is 0 Å². The summed E-state index contributed by atoms with van der Waals surface area (Å²) in [6, 6.07) is 0. The average molecular weight is 156 g/mol. The molecular weight excluding hydrogens is 148 g/mol. The first-order valence-corrected chi connectivity index (χ1v) is 3.15. The van der Waals surface area contributed by atoms with Gasteiger partial charge in [-0.1, -0.05) is 0 Å². The van der Waals surface area contributed by atoms with E-state index in [1.165, 1.54) is 10.9 Å². The molecule has 0 atom stereocenters. The summed E-state index contributed by atoms with van der Waals surface area (Å²) >= 11 is 0. The van der Waals surface area contributed by atoms with Gasteiger partial charge in [-0.2, -0.15) is 5.10 Å². The standard InChI is InChI=1S/C6H8N2O3/c1-2-8-3-4(9)5(7-8)6(10)11/h3,9H,2H2,1H3,(H,10,11). The molecule has 0 unspecified atom stereocenters. The lowest BCUT2D eigenvalue weighted by Gasteiger charge is -1.89. The van der Waals surface area contributed by atoms with Gasteiger partial charge in [-0.05, 0) is 6.92 Å². The second kappa shape index (κ2) is 2.61. The highest BCUT2D eigenvalue weighted by molar-refractivity contribution is 5.88. The predicted molar refractivity (Wildman–Crippen MR) is 36.5 cm³/mol. The smallest absolute Gasteiger partial charge is 0.360 e. The summed E-state index contributed by atoms with van der Waals surface area (Å²) in [7, 11) is 0. The van der Waals surface area contributed by atoms with Crippen LogP contribution in [0.5, 0.6) is 5.75 Å². The number of aromatic hydroxyl groups is 1. The van der Waals surface area contributed by atoms with Crippen molar-refractivity contribution in [1.82, 2.24) is 9.78 Å². The molecule has 0 aromatic carbocycles. The summed E-state index contributed by atoms with van der Waals surface area (Å²) < 4.78 is 1.36. The van der Waals surface area contributed by atoms with E-state index >= 15 is 0 Å². The van der Waals surface area contributed by atoms with Crippen LogP contribution in [0.2, 0.25) is 0 Å². The van der Waals surface area contributed by atoms with Crippen molar-refractivity contribution in [3.63, 3.8) is 0 Å². The first-order valence-electron chi connectivity index (χ1n) is 3.15. The number of hydrogen-bond acceptors (Lipinski definition) is 3. The number of nitrogens with zero attached hydrogens (tertiary/aromatic N) is 2. The fourth-order valence-electron chi connectivity index (χ4n) is 0.725. The number of aromatic carboxylic acids is 1. The zero-order valence-corrected chi connectivity index (χ0v) is 5.98. The van der Waals surface area contributed by atoms with Crippen molar-refractivity contribution < 1.29 is 15.0 Å². The number of carboxylic acid groups (broad SMARTS) is 1. The maximum atomic E-state index is 10.3. The van der Waals surface area contributed by atoms with E-state index in [-0.39, 0.29) is 11.4 Å². The molecule has 1 aromatic rings. The number of carboxylic acids is 1. The summed E-state index contributed by atoms with van der Waals surface area (Å²) in [4.78, 5) is 10.3. The number of carbonyl (C=O) groups is 1. The average Bonchev–Trinajstić information content (AvgIpc) is 2.30. The van der Waals surface area contributed by atoms with Gasteiger partial charge in [0, 0.05) is 6.54 Å². The molecule has 1 rings (SSSR count). The normalized spacial score (nSPS) is 9.91. The van der Waals surface area contributed by atoms with Crippen molar-refractivity contribution in [1.29, 1.82) is 0 Å². The minimum absolute atomic E-state index is 0.292. The number of aryl methyl sites for hydroxylation is 1. The zero-order chi connectivity index (χ0) is 8.43. The third kappa shape index (κ3) is 1.31. The van der Waals surface area contributed by atoms with E-state index in [1.54, 1.807) is 6.92 Å². The van der Waals surface area contributed by atoms with Gasteiger partial charge < -0.3 is 10.2 Å². The van der Waals surface area contributed by atoms with E-state index < -0.39 is 5.97 Å². The van der Waals surface area contributed by atoms with E-state index in [9.17, 15) is 4.79 Å². The van der Waals surface area contributed by atoms with Crippen molar-refractivity contribution in [2.75, 3.05) is 0 Å². The lowest BCUT2D eigenvalue weighted by Crippen LogP contribution is -2.00. The van der Waals surface area contributed by atoms with Crippen LogP contribution in [-0.2, 0) is 6.54 Å². The summed E-state index contributed by atoms with van der Waals surface area (Å²) in [6.45, 7) is 2.35. The Bertz CT molecular complexity index is 279. The van der Waals surface area contributed by atoms with Crippen LogP contribution in [0.15, 0.2) is 6.20 Å². The van der Waals surface area contributed by atoms with Gasteiger partial charge in [0.05, 0.1) is 6.20 Å². The molecule has 1 heterocycles. The minimum atomic E-state index is -1.21. The van der Waals surface area contributed by atoms with Crippen molar-refractivity contribution in [3.05, 3.63) is 11.9 Å².